The number of benzene rings is 8. The molecule has 2 N–H and O–H groups in total. The summed E-state index contributed by atoms with van der Waals surface area (Å²) in [6, 6.07) is 76.5. The van der Waals surface area contributed by atoms with E-state index in [1.165, 1.54) is 22.3 Å². The maximum Gasteiger partial charge on any atom is 0.174 e. The first kappa shape index (κ1) is 34.7. The standard InChI is InChI=1S/C54H38N4/c1-5-13-37(14-6-1)41-21-29-45(30-22-41)49-50(46-31-23-42(24-32-46)38-15-7-2-8-16-38)56-53(55-49)54-57-51(47-33-25-43(26-34-47)39-17-9-3-10-18-39)52(58-54)48-35-27-44(28-36-48)40-19-11-4-12-20-40/h1-36H,(H,55,56)(H,57,58). The van der Waals surface area contributed by atoms with Crippen molar-refractivity contribution < 1.29 is 0 Å². The molecular weight excluding hydrogens is 705 g/mol. The van der Waals surface area contributed by atoms with Gasteiger partial charge in [-0.25, -0.2) is 9.97 Å². The molecule has 0 amide bonds. The van der Waals surface area contributed by atoms with Gasteiger partial charge in [0.1, 0.15) is 0 Å². The number of imidazole rings is 2. The first-order valence-electron chi connectivity index (χ1n) is 19.6. The second-order valence-electron chi connectivity index (χ2n) is 14.4. The summed E-state index contributed by atoms with van der Waals surface area (Å²) in [6.45, 7) is 0. The van der Waals surface area contributed by atoms with E-state index in [0.29, 0.717) is 11.6 Å². The fourth-order valence-electron chi connectivity index (χ4n) is 7.63. The first-order valence-corrected chi connectivity index (χ1v) is 19.6. The molecule has 0 aliphatic carbocycles. The minimum Gasteiger partial charge on any atom is -0.335 e. The van der Waals surface area contributed by atoms with E-state index in [9.17, 15) is 0 Å². The van der Waals surface area contributed by atoms with E-state index < -0.39 is 0 Å². The Morgan fingerprint density at radius 1 is 0.207 bits per heavy atom. The van der Waals surface area contributed by atoms with Gasteiger partial charge in [0.25, 0.3) is 0 Å². The van der Waals surface area contributed by atoms with E-state index in [1.54, 1.807) is 0 Å². The highest BCUT2D eigenvalue weighted by Gasteiger charge is 2.21. The Labute approximate surface area is 338 Å². The molecule has 0 bridgehead atoms. The number of hydrogen-bond acceptors (Lipinski definition) is 2. The molecule has 58 heavy (non-hydrogen) atoms. The third-order valence-corrected chi connectivity index (χ3v) is 10.7. The quantitative estimate of drug-likeness (QED) is 0.155. The number of nitrogens with zero attached hydrogens (tertiary/aromatic N) is 2. The first-order chi connectivity index (χ1) is 28.7. The van der Waals surface area contributed by atoms with Crippen LogP contribution in [0.3, 0.4) is 0 Å². The molecule has 0 radical (unpaired) electrons. The lowest BCUT2D eigenvalue weighted by atomic mass is 9.99. The number of H-pyrrole nitrogens is 2. The molecule has 0 aliphatic rings. The normalized spacial score (nSPS) is 11.1. The second-order valence-corrected chi connectivity index (χ2v) is 14.4. The molecule has 274 valence electrons. The average Bonchev–Trinajstić information content (AvgIpc) is 3.97. The van der Waals surface area contributed by atoms with Crippen LogP contribution >= 0.6 is 0 Å². The molecule has 2 aromatic heterocycles. The van der Waals surface area contributed by atoms with Gasteiger partial charge in [-0.1, -0.05) is 218 Å². The van der Waals surface area contributed by atoms with Gasteiger partial charge in [0.15, 0.2) is 11.6 Å². The number of rotatable bonds is 9. The summed E-state index contributed by atoms with van der Waals surface area (Å²) in [6.07, 6.45) is 0. The highest BCUT2D eigenvalue weighted by atomic mass is 15.0. The molecule has 0 atom stereocenters. The minimum atomic E-state index is 0.665. The second kappa shape index (κ2) is 15.4. The van der Waals surface area contributed by atoms with Crippen molar-refractivity contribution in [3.8, 4) is 101 Å². The zero-order valence-corrected chi connectivity index (χ0v) is 31.7. The Hall–Kier alpha value is -7.82. The zero-order chi connectivity index (χ0) is 38.7. The maximum absolute atomic E-state index is 5.31. The lowest BCUT2D eigenvalue weighted by Gasteiger charge is -2.07. The molecule has 0 spiro atoms. The van der Waals surface area contributed by atoms with Gasteiger partial charge in [-0.15, -0.1) is 0 Å². The van der Waals surface area contributed by atoms with Gasteiger partial charge in [-0.2, -0.15) is 0 Å². The number of aromatic amines is 2. The maximum atomic E-state index is 5.31. The lowest BCUT2D eigenvalue weighted by molar-refractivity contribution is 1.20. The highest BCUT2D eigenvalue weighted by molar-refractivity contribution is 5.86. The predicted octanol–water partition coefficient (Wildman–Crippen LogP) is 14.1. The summed E-state index contributed by atoms with van der Waals surface area (Å²) in [7, 11) is 0. The van der Waals surface area contributed by atoms with Gasteiger partial charge >= 0.3 is 0 Å². The van der Waals surface area contributed by atoms with Crippen molar-refractivity contribution in [1.82, 2.24) is 19.9 Å². The Morgan fingerprint density at radius 2 is 0.414 bits per heavy atom. The Balaban J connectivity index is 1.09. The van der Waals surface area contributed by atoms with E-state index in [2.05, 4.69) is 204 Å². The number of nitrogens with one attached hydrogen (secondary N) is 2. The van der Waals surface area contributed by atoms with Crippen molar-refractivity contribution in [2.24, 2.45) is 0 Å². The fraction of sp³-hybridized carbons (Fsp3) is 0. The number of aromatic nitrogens is 4. The van der Waals surface area contributed by atoms with E-state index in [4.69, 9.17) is 9.97 Å². The average molecular weight is 743 g/mol. The van der Waals surface area contributed by atoms with Gasteiger partial charge in [0, 0.05) is 22.3 Å². The Bertz CT molecular complexity index is 2510. The highest BCUT2D eigenvalue weighted by Crippen LogP contribution is 2.38. The molecule has 2 heterocycles. The Morgan fingerprint density at radius 3 is 0.672 bits per heavy atom. The molecule has 0 saturated heterocycles. The molecule has 0 unspecified atom stereocenters. The van der Waals surface area contributed by atoms with Crippen molar-refractivity contribution in [2.45, 2.75) is 0 Å². The summed E-state index contributed by atoms with van der Waals surface area (Å²) >= 11 is 0. The van der Waals surface area contributed by atoms with E-state index in [1.807, 2.05) is 24.3 Å². The summed E-state index contributed by atoms with van der Waals surface area (Å²) in [5.74, 6) is 1.33. The molecular formula is C54H38N4. The molecule has 4 heteroatoms. The van der Waals surface area contributed by atoms with Crippen LogP contribution in [-0.2, 0) is 0 Å². The zero-order valence-electron chi connectivity index (χ0n) is 31.7. The van der Waals surface area contributed by atoms with Crippen LogP contribution in [0, 0.1) is 0 Å². The summed E-state index contributed by atoms with van der Waals surface area (Å²) < 4.78 is 0. The van der Waals surface area contributed by atoms with Crippen LogP contribution in [0.1, 0.15) is 0 Å². The van der Waals surface area contributed by atoms with Crippen molar-refractivity contribution in [2.75, 3.05) is 0 Å². The third-order valence-electron chi connectivity index (χ3n) is 10.7. The van der Waals surface area contributed by atoms with Crippen LogP contribution in [-0.4, -0.2) is 19.9 Å². The van der Waals surface area contributed by atoms with Gasteiger partial charge in [-0.3, -0.25) is 0 Å². The lowest BCUT2D eigenvalue weighted by Crippen LogP contribution is -1.85. The molecule has 0 fully saturated rings. The van der Waals surface area contributed by atoms with Crippen LogP contribution in [0.5, 0.6) is 0 Å². The smallest absolute Gasteiger partial charge is 0.174 e. The topological polar surface area (TPSA) is 57.4 Å². The predicted molar refractivity (Wildman–Crippen MR) is 240 cm³/mol. The summed E-state index contributed by atoms with van der Waals surface area (Å²) in [5.41, 5.74) is 17.1. The van der Waals surface area contributed by atoms with Crippen LogP contribution in [0.4, 0.5) is 0 Å². The van der Waals surface area contributed by atoms with Crippen molar-refractivity contribution in [3.05, 3.63) is 218 Å². The molecule has 8 aromatic carbocycles. The van der Waals surface area contributed by atoms with Crippen LogP contribution in [0.25, 0.3) is 101 Å². The van der Waals surface area contributed by atoms with Crippen molar-refractivity contribution in [3.63, 3.8) is 0 Å². The van der Waals surface area contributed by atoms with E-state index in [-0.39, 0.29) is 0 Å². The van der Waals surface area contributed by atoms with Crippen LogP contribution in [0.2, 0.25) is 0 Å². The molecule has 10 rings (SSSR count). The number of hydrogen-bond donors (Lipinski definition) is 2. The molecule has 0 aliphatic heterocycles. The van der Waals surface area contributed by atoms with Crippen molar-refractivity contribution >= 4 is 0 Å². The van der Waals surface area contributed by atoms with Crippen molar-refractivity contribution in [1.29, 1.82) is 0 Å². The molecule has 0 saturated carbocycles. The van der Waals surface area contributed by atoms with Gasteiger partial charge < -0.3 is 9.97 Å². The van der Waals surface area contributed by atoms with Crippen LogP contribution in [0.15, 0.2) is 218 Å². The largest absolute Gasteiger partial charge is 0.335 e. The Kier molecular flexibility index (Phi) is 9.18. The van der Waals surface area contributed by atoms with Gasteiger partial charge in [0.2, 0.25) is 0 Å². The molecule has 10 aromatic rings. The van der Waals surface area contributed by atoms with Crippen LogP contribution < -0.4 is 0 Å². The van der Waals surface area contributed by atoms with Gasteiger partial charge in [0.05, 0.1) is 22.8 Å². The third kappa shape index (κ3) is 6.95. The fourth-order valence-corrected chi connectivity index (χ4v) is 7.63. The van der Waals surface area contributed by atoms with E-state index >= 15 is 0 Å². The minimum absolute atomic E-state index is 0.665. The summed E-state index contributed by atoms with van der Waals surface area (Å²) in [5, 5.41) is 0. The SMILES string of the molecule is c1ccc(-c2ccc(-c3nc(-c4nc(-c5ccc(-c6ccccc6)cc5)c(-c5ccc(-c6ccccc6)cc5)[nH]4)[nH]c3-c3ccc(-c4ccccc4)cc3)cc2)cc1. The monoisotopic (exact) mass is 742 g/mol. The summed E-state index contributed by atoms with van der Waals surface area (Å²) in [4.78, 5) is 18.1. The van der Waals surface area contributed by atoms with E-state index in [0.717, 1.165) is 67.3 Å². The van der Waals surface area contributed by atoms with Gasteiger partial charge in [-0.05, 0) is 44.5 Å². The molecule has 4 nitrogen and oxygen atoms in total.